The van der Waals surface area contributed by atoms with E-state index in [2.05, 4.69) is 25.4 Å². The lowest BCUT2D eigenvalue weighted by atomic mass is 10.3. The zero-order valence-corrected chi connectivity index (χ0v) is 9.50. The maximum absolute atomic E-state index is 11.7. The van der Waals surface area contributed by atoms with Crippen LogP contribution in [0.2, 0.25) is 0 Å². The van der Waals surface area contributed by atoms with Crippen molar-refractivity contribution in [2.75, 3.05) is 6.54 Å². The van der Waals surface area contributed by atoms with Crippen molar-refractivity contribution < 1.29 is 4.79 Å². The molecule has 2 aromatic heterocycles. The van der Waals surface area contributed by atoms with Gasteiger partial charge in [-0.3, -0.25) is 4.79 Å². The van der Waals surface area contributed by atoms with Crippen molar-refractivity contribution in [2.24, 2.45) is 0 Å². The number of nitrogens with zero attached hydrogens (tertiary/aromatic N) is 4. The van der Waals surface area contributed by atoms with Crippen LogP contribution in [-0.4, -0.2) is 37.2 Å². The van der Waals surface area contributed by atoms with Gasteiger partial charge in [-0.1, -0.05) is 0 Å². The van der Waals surface area contributed by atoms with E-state index in [4.69, 9.17) is 0 Å². The molecule has 17 heavy (non-hydrogen) atoms. The van der Waals surface area contributed by atoms with Crippen molar-refractivity contribution in [3.8, 4) is 0 Å². The van der Waals surface area contributed by atoms with Crippen LogP contribution in [0.3, 0.4) is 0 Å². The summed E-state index contributed by atoms with van der Waals surface area (Å²) in [6.07, 6.45) is 7.07. The number of H-pyrrole nitrogens is 1. The Morgan fingerprint density at radius 3 is 3.18 bits per heavy atom. The zero-order chi connectivity index (χ0) is 12.1. The molecule has 0 aliphatic carbocycles. The number of nitrogens with one attached hydrogen (secondary N) is 2. The third-order valence-electron chi connectivity index (χ3n) is 2.43. The summed E-state index contributed by atoms with van der Waals surface area (Å²) in [4.78, 5) is 22.6. The van der Waals surface area contributed by atoms with Gasteiger partial charge in [0.2, 0.25) is 5.91 Å². The highest BCUT2D eigenvalue weighted by atomic mass is 16.2. The molecule has 0 saturated carbocycles. The van der Waals surface area contributed by atoms with Crippen LogP contribution in [0.25, 0.3) is 0 Å². The third kappa shape index (κ3) is 2.90. The van der Waals surface area contributed by atoms with Crippen molar-refractivity contribution in [2.45, 2.75) is 19.4 Å². The first-order chi connectivity index (χ1) is 8.27. The van der Waals surface area contributed by atoms with Crippen molar-refractivity contribution >= 4 is 5.91 Å². The van der Waals surface area contributed by atoms with Gasteiger partial charge in [-0.05, 0) is 6.92 Å². The largest absolute Gasteiger partial charge is 0.354 e. The molecule has 0 fully saturated rings. The van der Waals surface area contributed by atoms with Crippen molar-refractivity contribution in [3.05, 3.63) is 30.9 Å². The SMILES string of the molecule is CC(C(=O)NCCc1ncc[nH]1)n1cncn1. The number of carbonyl (C=O) groups excluding carboxylic acids is 1. The van der Waals surface area contributed by atoms with Crippen molar-refractivity contribution in [1.29, 1.82) is 0 Å². The zero-order valence-electron chi connectivity index (χ0n) is 9.50. The summed E-state index contributed by atoms with van der Waals surface area (Å²) in [7, 11) is 0. The minimum Gasteiger partial charge on any atom is -0.354 e. The standard InChI is InChI=1S/C10H14N6O/c1-8(16-7-11-6-15-16)10(17)14-3-2-9-12-4-5-13-9/h4-8H,2-3H2,1H3,(H,12,13)(H,14,17). The smallest absolute Gasteiger partial charge is 0.244 e. The maximum atomic E-state index is 11.7. The first kappa shape index (κ1) is 11.3. The number of imidazole rings is 1. The number of aromatic amines is 1. The fourth-order valence-electron chi connectivity index (χ4n) is 1.42. The van der Waals surface area contributed by atoms with Crippen LogP contribution in [-0.2, 0) is 11.2 Å². The Kier molecular flexibility index (Phi) is 3.49. The lowest BCUT2D eigenvalue weighted by molar-refractivity contribution is -0.124. The molecule has 0 radical (unpaired) electrons. The van der Waals surface area contributed by atoms with Gasteiger partial charge in [0.25, 0.3) is 0 Å². The second-order valence-electron chi connectivity index (χ2n) is 3.63. The molecule has 7 nitrogen and oxygen atoms in total. The predicted octanol–water partition coefficient (Wildman–Crippen LogP) is -0.0789. The molecule has 0 aromatic carbocycles. The van der Waals surface area contributed by atoms with Gasteiger partial charge in [-0.2, -0.15) is 5.10 Å². The second kappa shape index (κ2) is 5.24. The van der Waals surface area contributed by atoms with Gasteiger partial charge < -0.3 is 10.3 Å². The molecule has 0 aliphatic rings. The highest BCUT2D eigenvalue weighted by molar-refractivity contribution is 5.79. The molecule has 90 valence electrons. The first-order valence-electron chi connectivity index (χ1n) is 5.37. The Morgan fingerprint density at radius 1 is 1.65 bits per heavy atom. The van der Waals surface area contributed by atoms with E-state index in [0.29, 0.717) is 13.0 Å². The van der Waals surface area contributed by atoms with Gasteiger partial charge >= 0.3 is 0 Å². The van der Waals surface area contributed by atoms with Crippen LogP contribution in [0.1, 0.15) is 18.8 Å². The average molecular weight is 234 g/mol. The summed E-state index contributed by atoms with van der Waals surface area (Å²) in [5.41, 5.74) is 0. The van der Waals surface area contributed by atoms with Crippen LogP contribution in [0.4, 0.5) is 0 Å². The monoisotopic (exact) mass is 234 g/mol. The fourth-order valence-corrected chi connectivity index (χ4v) is 1.42. The summed E-state index contributed by atoms with van der Waals surface area (Å²) in [5.74, 6) is 0.778. The molecule has 1 amide bonds. The molecule has 2 N–H and O–H groups in total. The minimum atomic E-state index is -0.353. The van der Waals surface area contributed by atoms with Crippen LogP contribution in [0.5, 0.6) is 0 Å². The minimum absolute atomic E-state index is 0.0814. The molecular formula is C10H14N6O. The highest BCUT2D eigenvalue weighted by Crippen LogP contribution is 2.01. The van der Waals surface area contributed by atoms with Gasteiger partial charge in [0.15, 0.2) is 0 Å². The Hall–Kier alpha value is -2.18. The molecule has 2 rings (SSSR count). The summed E-state index contributed by atoms with van der Waals surface area (Å²) in [5, 5.41) is 6.74. The Morgan fingerprint density at radius 2 is 2.53 bits per heavy atom. The van der Waals surface area contributed by atoms with Gasteiger partial charge in [-0.25, -0.2) is 14.6 Å². The lowest BCUT2D eigenvalue weighted by Crippen LogP contribution is -2.32. The highest BCUT2D eigenvalue weighted by Gasteiger charge is 2.14. The van der Waals surface area contributed by atoms with E-state index in [1.807, 2.05) is 0 Å². The average Bonchev–Trinajstić information content (AvgIpc) is 3.00. The van der Waals surface area contributed by atoms with Crippen LogP contribution in [0, 0.1) is 0 Å². The van der Waals surface area contributed by atoms with Crippen LogP contribution >= 0.6 is 0 Å². The molecule has 0 aliphatic heterocycles. The molecule has 7 heteroatoms. The van der Waals surface area contributed by atoms with Gasteiger partial charge in [0.05, 0.1) is 0 Å². The summed E-state index contributed by atoms with van der Waals surface area (Å²) < 4.78 is 1.52. The third-order valence-corrected chi connectivity index (χ3v) is 2.43. The summed E-state index contributed by atoms with van der Waals surface area (Å²) >= 11 is 0. The molecule has 0 bridgehead atoms. The normalized spacial score (nSPS) is 12.3. The van der Waals surface area contributed by atoms with Crippen LogP contribution < -0.4 is 5.32 Å². The molecule has 1 atom stereocenters. The van der Waals surface area contributed by atoms with E-state index in [9.17, 15) is 4.79 Å². The molecule has 2 aromatic rings. The summed E-state index contributed by atoms with van der Waals surface area (Å²) in [6, 6.07) is -0.353. The number of aromatic nitrogens is 5. The summed E-state index contributed by atoms with van der Waals surface area (Å²) in [6.45, 7) is 2.32. The van der Waals surface area contributed by atoms with Gasteiger partial charge in [0.1, 0.15) is 24.5 Å². The number of carbonyl (C=O) groups is 1. The van der Waals surface area contributed by atoms with Gasteiger partial charge in [-0.15, -0.1) is 0 Å². The van der Waals surface area contributed by atoms with Crippen molar-refractivity contribution in [1.82, 2.24) is 30.0 Å². The number of hydrogen-bond acceptors (Lipinski definition) is 4. The van der Waals surface area contributed by atoms with E-state index in [1.165, 1.54) is 17.3 Å². The van der Waals surface area contributed by atoms with Crippen molar-refractivity contribution in [3.63, 3.8) is 0 Å². The quantitative estimate of drug-likeness (QED) is 0.757. The Labute approximate surface area is 98.3 Å². The van der Waals surface area contributed by atoms with E-state index in [1.54, 1.807) is 19.3 Å². The second-order valence-corrected chi connectivity index (χ2v) is 3.63. The van der Waals surface area contributed by atoms with E-state index in [0.717, 1.165) is 5.82 Å². The molecule has 0 spiro atoms. The fraction of sp³-hybridized carbons (Fsp3) is 0.400. The number of rotatable bonds is 5. The first-order valence-corrected chi connectivity index (χ1v) is 5.37. The number of amides is 1. The molecule has 0 saturated heterocycles. The van der Waals surface area contributed by atoms with Crippen LogP contribution in [0.15, 0.2) is 25.0 Å². The lowest BCUT2D eigenvalue weighted by Gasteiger charge is -2.11. The Balaban J connectivity index is 1.77. The molecule has 2 heterocycles. The maximum Gasteiger partial charge on any atom is 0.244 e. The van der Waals surface area contributed by atoms with E-state index >= 15 is 0 Å². The topological polar surface area (TPSA) is 88.5 Å². The van der Waals surface area contributed by atoms with E-state index < -0.39 is 0 Å². The number of hydrogen-bond donors (Lipinski definition) is 2. The van der Waals surface area contributed by atoms with Gasteiger partial charge in [0, 0.05) is 25.4 Å². The Bertz CT molecular complexity index is 449. The molecule has 1 unspecified atom stereocenters. The predicted molar refractivity (Wildman–Crippen MR) is 60.0 cm³/mol. The van der Waals surface area contributed by atoms with E-state index in [-0.39, 0.29) is 11.9 Å². The molecular weight excluding hydrogens is 220 g/mol.